The summed E-state index contributed by atoms with van der Waals surface area (Å²) in [5.41, 5.74) is 1.98. The Morgan fingerprint density at radius 2 is 1.73 bits per heavy atom. The van der Waals surface area contributed by atoms with Crippen LogP contribution in [0, 0.1) is 5.92 Å². The smallest absolute Gasteiger partial charge is 0.341 e. The Morgan fingerprint density at radius 1 is 1.07 bits per heavy atom. The topological polar surface area (TPSA) is 54.0 Å². The number of ether oxygens (including phenoxy) is 4. The fourth-order valence-electron chi connectivity index (χ4n) is 2.74. The molecule has 0 aliphatic carbocycles. The first-order valence-corrected chi connectivity index (χ1v) is 10.3. The Bertz CT molecular complexity index is 870. The number of esters is 1. The second-order valence-corrected chi connectivity index (χ2v) is 7.75. The van der Waals surface area contributed by atoms with Crippen molar-refractivity contribution < 1.29 is 23.7 Å². The van der Waals surface area contributed by atoms with Crippen LogP contribution in [0.5, 0.6) is 11.5 Å². The Hall–Kier alpha value is -2.37. The van der Waals surface area contributed by atoms with Gasteiger partial charge in [0.1, 0.15) is 11.3 Å². The molecule has 0 saturated carbocycles. The quantitative estimate of drug-likeness (QED) is 0.258. The molecule has 162 valence electrons. The summed E-state index contributed by atoms with van der Waals surface area (Å²) in [6.07, 6.45) is 1.93. The molecule has 2 aromatic rings. The highest BCUT2D eigenvalue weighted by Gasteiger charge is 2.17. The lowest BCUT2D eigenvalue weighted by Gasteiger charge is -2.15. The molecule has 0 spiro atoms. The average Bonchev–Trinajstić information content (AvgIpc) is 2.71. The van der Waals surface area contributed by atoms with E-state index in [9.17, 15) is 4.79 Å². The number of carbonyl (C=O) groups excluding carboxylic acids is 1. The molecule has 5 nitrogen and oxygen atoms in total. The van der Waals surface area contributed by atoms with E-state index in [1.165, 1.54) is 20.5 Å². The molecule has 0 N–H and O–H groups in total. The second kappa shape index (κ2) is 11.7. The fourth-order valence-corrected chi connectivity index (χ4v) is 3.31. The number of methoxy groups -OCH3 is 2. The Labute approximate surface area is 187 Å². The summed E-state index contributed by atoms with van der Waals surface area (Å²) in [4.78, 5) is 12.1. The van der Waals surface area contributed by atoms with E-state index in [1.54, 1.807) is 12.1 Å². The molecule has 0 unspecified atom stereocenters. The predicted octanol–water partition coefficient (Wildman–Crippen LogP) is 5.81. The maximum absolute atomic E-state index is 12.1. The third-order valence-electron chi connectivity index (χ3n) is 4.12. The molecule has 0 heterocycles. The van der Waals surface area contributed by atoms with E-state index in [0.29, 0.717) is 52.7 Å². The van der Waals surface area contributed by atoms with Crippen molar-refractivity contribution in [2.24, 2.45) is 5.92 Å². The van der Waals surface area contributed by atoms with Gasteiger partial charge in [0.2, 0.25) is 0 Å². The summed E-state index contributed by atoms with van der Waals surface area (Å²) >= 11 is 12.6. The lowest BCUT2D eigenvalue weighted by atomic mass is 9.98. The molecule has 0 radical (unpaired) electrons. The van der Waals surface area contributed by atoms with Gasteiger partial charge in [-0.2, -0.15) is 0 Å². The molecular weight excluding hydrogens is 427 g/mol. The van der Waals surface area contributed by atoms with E-state index in [0.717, 1.165) is 11.1 Å². The van der Waals surface area contributed by atoms with Crippen LogP contribution in [-0.2, 0) is 20.7 Å². The van der Waals surface area contributed by atoms with Crippen LogP contribution in [0.4, 0.5) is 0 Å². The molecule has 30 heavy (non-hydrogen) atoms. The summed E-state index contributed by atoms with van der Waals surface area (Å²) in [6.45, 7) is 4.97. The zero-order chi connectivity index (χ0) is 22.1. The van der Waals surface area contributed by atoms with E-state index in [1.807, 2.05) is 38.1 Å². The first-order valence-electron chi connectivity index (χ1n) is 9.51. The Kier molecular flexibility index (Phi) is 9.34. The minimum Gasteiger partial charge on any atom is -0.503 e. The molecule has 0 aromatic heterocycles. The molecule has 0 saturated heterocycles. The number of rotatable bonds is 10. The van der Waals surface area contributed by atoms with E-state index in [4.69, 9.17) is 42.1 Å². The molecule has 0 bridgehead atoms. The lowest BCUT2D eigenvalue weighted by molar-refractivity contribution is -0.133. The van der Waals surface area contributed by atoms with Crippen molar-refractivity contribution in [3.05, 3.63) is 63.8 Å². The second-order valence-electron chi connectivity index (χ2n) is 6.94. The van der Waals surface area contributed by atoms with E-state index >= 15 is 0 Å². The summed E-state index contributed by atoms with van der Waals surface area (Å²) in [6, 6.07) is 10.9. The first kappa shape index (κ1) is 23.9. The molecule has 0 fully saturated rings. The molecule has 0 aliphatic rings. The van der Waals surface area contributed by atoms with Crippen molar-refractivity contribution in [1.29, 1.82) is 0 Å². The van der Waals surface area contributed by atoms with Gasteiger partial charge in [0.05, 0.1) is 43.7 Å². The number of halogens is 2. The first-order chi connectivity index (χ1) is 14.4. The van der Waals surface area contributed by atoms with Crippen molar-refractivity contribution in [2.75, 3.05) is 27.4 Å². The van der Waals surface area contributed by atoms with Crippen LogP contribution in [0.1, 0.15) is 25.0 Å². The van der Waals surface area contributed by atoms with Crippen LogP contribution in [0.15, 0.2) is 42.7 Å². The van der Waals surface area contributed by atoms with Crippen LogP contribution >= 0.6 is 23.2 Å². The normalized spacial score (nSPS) is 11.4. The van der Waals surface area contributed by atoms with Gasteiger partial charge in [-0.05, 0) is 17.0 Å². The molecule has 2 rings (SSSR count). The molecule has 7 heteroatoms. The van der Waals surface area contributed by atoms with Gasteiger partial charge in [-0.3, -0.25) is 0 Å². The van der Waals surface area contributed by atoms with Crippen LogP contribution in [0.2, 0.25) is 10.0 Å². The number of carbonyl (C=O) groups is 1. The standard InChI is InChI=1S/C23H26Cl2O5/c1-15(2)13-30-22-20(24)11-17(12-21(22)25)29-10-9-16-7-5-6-8-18(16)19(14-27-3)23(26)28-4/h5-8,11-12,14-15H,9-10,13H2,1-4H3/b19-14+. The monoisotopic (exact) mass is 452 g/mol. The minimum atomic E-state index is -0.472. The van der Waals surface area contributed by atoms with Gasteiger partial charge >= 0.3 is 5.97 Å². The van der Waals surface area contributed by atoms with Crippen molar-refractivity contribution in [3.63, 3.8) is 0 Å². The maximum atomic E-state index is 12.1. The molecule has 0 aliphatic heterocycles. The van der Waals surface area contributed by atoms with E-state index in [-0.39, 0.29) is 0 Å². The van der Waals surface area contributed by atoms with E-state index < -0.39 is 5.97 Å². The number of benzene rings is 2. The van der Waals surface area contributed by atoms with Gasteiger partial charge in [-0.25, -0.2) is 4.79 Å². The average molecular weight is 453 g/mol. The highest BCUT2D eigenvalue weighted by atomic mass is 35.5. The van der Waals surface area contributed by atoms with Gasteiger partial charge < -0.3 is 18.9 Å². The van der Waals surface area contributed by atoms with Gasteiger partial charge in [0, 0.05) is 18.6 Å². The molecular formula is C23H26Cl2O5. The third kappa shape index (κ3) is 6.57. The maximum Gasteiger partial charge on any atom is 0.341 e. The number of hydrogen-bond donors (Lipinski definition) is 0. The van der Waals surface area contributed by atoms with Gasteiger partial charge in [-0.1, -0.05) is 61.3 Å². The zero-order valence-corrected chi connectivity index (χ0v) is 19.0. The minimum absolute atomic E-state index is 0.341. The van der Waals surface area contributed by atoms with Crippen LogP contribution < -0.4 is 9.47 Å². The Morgan fingerprint density at radius 3 is 2.33 bits per heavy atom. The summed E-state index contributed by atoms with van der Waals surface area (Å²) < 4.78 is 21.4. The highest BCUT2D eigenvalue weighted by molar-refractivity contribution is 6.37. The van der Waals surface area contributed by atoms with Crippen LogP contribution in [-0.4, -0.2) is 33.4 Å². The van der Waals surface area contributed by atoms with Gasteiger partial charge in [0.15, 0.2) is 5.75 Å². The van der Waals surface area contributed by atoms with Crippen LogP contribution in [0.3, 0.4) is 0 Å². The summed E-state index contributed by atoms with van der Waals surface area (Å²) in [5.74, 6) is 0.882. The van der Waals surface area contributed by atoms with Crippen molar-refractivity contribution in [2.45, 2.75) is 20.3 Å². The predicted molar refractivity (Wildman–Crippen MR) is 119 cm³/mol. The Balaban J connectivity index is 2.11. The molecule has 2 aromatic carbocycles. The fraction of sp³-hybridized carbons (Fsp3) is 0.348. The van der Waals surface area contributed by atoms with Crippen LogP contribution in [0.25, 0.3) is 5.57 Å². The SMILES string of the molecule is CO/C=C(/C(=O)OC)c1ccccc1CCOc1cc(Cl)c(OCC(C)C)c(Cl)c1. The third-order valence-corrected chi connectivity index (χ3v) is 4.68. The summed E-state index contributed by atoms with van der Waals surface area (Å²) in [7, 11) is 2.82. The lowest BCUT2D eigenvalue weighted by Crippen LogP contribution is -2.09. The summed E-state index contributed by atoms with van der Waals surface area (Å²) in [5, 5.41) is 0.795. The van der Waals surface area contributed by atoms with Crippen molar-refractivity contribution in [3.8, 4) is 11.5 Å². The van der Waals surface area contributed by atoms with Crippen molar-refractivity contribution in [1.82, 2.24) is 0 Å². The largest absolute Gasteiger partial charge is 0.503 e. The zero-order valence-electron chi connectivity index (χ0n) is 17.5. The van der Waals surface area contributed by atoms with E-state index in [2.05, 4.69) is 0 Å². The number of hydrogen-bond acceptors (Lipinski definition) is 5. The van der Waals surface area contributed by atoms with Gasteiger partial charge in [-0.15, -0.1) is 0 Å². The molecule has 0 amide bonds. The highest BCUT2D eigenvalue weighted by Crippen LogP contribution is 2.37. The van der Waals surface area contributed by atoms with Crippen molar-refractivity contribution >= 4 is 34.7 Å². The molecule has 0 atom stereocenters. The van der Waals surface area contributed by atoms with Gasteiger partial charge in [0.25, 0.3) is 0 Å².